The SMILES string of the molecule is COC(=O)CC[C@H](C)[C@@H]1CC[C@]2(C)C3=C(C(=O)C[C@]12C)[C@]1(C)CC[C@H](OC(C)=O)C(C)(C)[C@@H]1CC3=O. The first-order valence-corrected chi connectivity index (χ1v) is 13.7. The number of carbonyl (C=O) groups excluding carboxylic acids is 4. The third-order valence-electron chi connectivity index (χ3n) is 11.3. The molecule has 0 amide bonds. The summed E-state index contributed by atoms with van der Waals surface area (Å²) in [6, 6.07) is 0. The molecule has 0 aromatic heterocycles. The van der Waals surface area contributed by atoms with E-state index in [1.54, 1.807) is 0 Å². The highest BCUT2D eigenvalue weighted by Crippen LogP contribution is 2.71. The van der Waals surface area contributed by atoms with E-state index in [0.29, 0.717) is 25.7 Å². The van der Waals surface area contributed by atoms with E-state index in [2.05, 4.69) is 41.5 Å². The van der Waals surface area contributed by atoms with Crippen LogP contribution in [0.25, 0.3) is 0 Å². The molecule has 0 heterocycles. The Bertz CT molecular complexity index is 1020. The normalized spacial score (nSPS) is 40.2. The molecule has 0 aromatic rings. The Kier molecular flexibility index (Phi) is 6.62. The molecule has 0 spiro atoms. The van der Waals surface area contributed by atoms with Crippen LogP contribution in [0.15, 0.2) is 11.1 Å². The largest absolute Gasteiger partial charge is 0.469 e. The number of carbonyl (C=O) groups is 4. The Balaban J connectivity index is 1.74. The van der Waals surface area contributed by atoms with E-state index in [1.807, 2.05) is 0 Å². The molecule has 0 bridgehead atoms. The highest BCUT2D eigenvalue weighted by molar-refractivity contribution is 6.11. The fraction of sp³-hybridized carbons (Fsp3) is 0.800. The molecule has 0 aliphatic heterocycles. The van der Waals surface area contributed by atoms with Gasteiger partial charge < -0.3 is 9.47 Å². The van der Waals surface area contributed by atoms with Crippen molar-refractivity contribution in [3.05, 3.63) is 11.1 Å². The molecule has 0 radical (unpaired) electrons. The van der Waals surface area contributed by atoms with Gasteiger partial charge in [-0.3, -0.25) is 19.2 Å². The molecule has 0 unspecified atom stereocenters. The second-order valence-electron chi connectivity index (χ2n) is 13.4. The third-order valence-corrected chi connectivity index (χ3v) is 11.3. The number of ether oxygens (including phenoxy) is 2. The van der Waals surface area contributed by atoms with Crippen LogP contribution in [0.3, 0.4) is 0 Å². The number of esters is 2. The summed E-state index contributed by atoms with van der Waals surface area (Å²) in [5.74, 6) is 0.195. The Morgan fingerprint density at radius 1 is 1.00 bits per heavy atom. The highest BCUT2D eigenvalue weighted by atomic mass is 16.5. The number of methoxy groups -OCH3 is 1. The maximum Gasteiger partial charge on any atom is 0.305 e. The number of rotatable bonds is 5. The van der Waals surface area contributed by atoms with Crippen LogP contribution in [-0.4, -0.2) is 36.7 Å². The van der Waals surface area contributed by atoms with Crippen molar-refractivity contribution in [2.75, 3.05) is 7.11 Å². The monoisotopic (exact) mass is 500 g/mol. The summed E-state index contributed by atoms with van der Waals surface area (Å²) >= 11 is 0. The van der Waals surface area contributed by atoms with E-state index in [1.165, 1.54) is 14.0 Å². The average molecular weight is 501 g/mol. The molecule has 2 saturated carbocycles. The first-order valence-electron chi connectivity index (χ1n) is 13.7. The van der Waals surface area contributed by atoms with Crippen LogP contribution in [-0.2, 0) is 28.7 Å². The van der Waals surface area contributed by atoms with Gasteiger partial charge in [0, 0.05) is 53.6 Å². The smallest absolute Gasteiger partial charge is 0.305 e. The van der Waals surface area contributed by atoms with Gasteiger partial charge in [-0.2, -0.15) is 0 Å². The Hall–Kier alpha value is -1.98. The zero-order chi connectivity index (χ0) is 26.8. The minimum absolute atomic E-state index is 0.0533. The van der Waals surface area contributed by atoms with Gasteiger partial charge in [-0.1, -0.05) is 41.5 Å². The van der Waals surface area contributed by atoms with Crippen molar-refractivity contribution in [2.24, 2.45) is 39.4 Å². The van der Waals surface area contributed by atoms with Crippen molar-refractivity contribution >= 4 is 23.5 Å². The van der Waals surface area contributed by atoms with Crippen LogP contribution in [0.1, 0.15) is 99.8 Å². The molecule has 4 rings (SSSR count). The first-order chi connectivity index (χ1) is 16.6. The van der Waals surface area contributed by atoms with Crippen LogP contribution in [0.2, 0.25) is 0 Å². The summed E-state index contributed by atoms with van der Waals surface area (Å²) in [5.41, 5.74) is 0.0872. The number of ketones is 2. The molecule has 6 heteroatoms. The van der Waals surface area contributed by atoms with E-state index < -0.39 is 10.8 Å². The van der Waals surface area contributed by atoms with Gasteiger partial charge in [0.25, 0.3) is 0 Å². The number of Topliss-reactive ketones (excluding diaryl/α,β-unsaturated/α-hetero) is 2. The van der Waals surface area contributed by atoms with Gasteiger partial charge in [0.15, 0.2) is 11.6 Å². The second-order valence-corrected chi connectivity index (χ2v) is 13.4. The average Bonchev–Trinajstić information content (AvgIpc) is 3.06. The number of hydrogen-bond donors (Lipinski definition) is 0. The third kappa shape index (κ3) is 3.72. The van der Waals surface area contributed by atoms with Crippen molar-refractivity contribution in [2.45, 2.75) is 106 Å². The van der Waals surface area contributed by atoms with Crippen molar-refractivity contribution in [3.63, 3.8) is 0 Å². The predicted octanol–water partition coefficient (Wildman–Crippen LogP) is 5.61. The standard InChI is InChI=1S/C30H44O6/c1-17(9-10-24(34)35-8)19-11-14-29(6)26-20(32)15-22-27(3,4)23(36-18(2)31)12-13-28(22,5)25(26)21(33)16-30(19,29)7/h17,19,22-23H,9-16H2,1-8H3/t17-,19-,22-,23-,28+,29+,30+/m0/s1. The van der Waals surface area contributed by atoms with E-state index >= 15 is 0 Å². The maximum atomic E-state index is 14.1. The Morgan fingerprint density at radius 2 is 1.67 bits per heavy atom. The number of fused-ring (bicyclic) bond motifs is 4. The summed E-state index contributed by atoms with van der Waals surface area (Å²) in [5, 5.41) is 0. The molecule has 200 valence electrons. The lowest BCUT2D eigenvalue weighted by molar-refractivity contribution is -0.169. The summed E-state index contributed by atoms with van der Waals surface area (Å²) in [6.45, 7) is 14.4. The molecule has 0 N–H and O–H groups in total. The van der Waals surface area contributed by atoms with Gasteiger partial charge in [0.1, 0.15) is 6.10 Å². The minimum atomic E-state index is -0.407. The molecule has 0 aromatic carbocycles. The van der Waals surface area contributed by atoms with Crippen LogP contribution in [0.4, 0.5) is 0 Å². The van der Waals surface area contributed by atoms with Crippen LogP contribution < -0.4 is 0 Å². The van der Waals surface area contributed by atoms with Crippen molar-refractivity contribution in [1.82, 2.24) is 0 Å². The Labute approximate surface area is 215 Å². The summed E-state index contributed by atoms with van der Waals surface area (Å²) in [4.78, 5) is 51.7. The Morgan fingerprint density at radius 3 is 2.28 bits per heavy atom. The first kappa shape index (κ1) is 27.1. The van der Waals surface area contributed by atoms with Gasteiger partial charge in [0.2, 0.25) is 0 Å². The van der Waals surface area contributed by atoms with Crippen LogP contribution >= 0.6 is 0 Å². The quantitative estimate of drug-likeness (QED) is 0.456. The lowest BCUT2D eigenvalue weighted by Gasteiger charge is -2.60. The zero-order valence-electron chi connectivity index (χ0n) is 23.4. The second kappa shape index (κ2) is 8.80. The molecule has 4 aliphatic rings. The highest BCUT2D eigenvalue weighted by Gasteiger charge is 2.67. The minimum Gasteiger partial charge on any atom is -0.469 e. The van der Waals surface area contributed by atoms with Crippen LogP contribution in [0.5, 0.6) is 0 Å². The van der Waals surface area contributed by atoms with Gasteiger partial charge >= 0.3 is 11.9 Å². The van der Waals surface area contributed by atoms with E-state index in [4.69, 9.17) is 9.47 Å². The molecule has 2 fully saturated rings. The molecule has 6 nitrogen and oxygen atoms in total. The van der Waals surface area contributed by atoms with Crippen LogP contribution in [0, 0.1) is 39.4 Å². The van der Waals surface area contributed by atoms with E-state index in [9.17, 15) is 19.2 Å². The topological polar surface area (TPSA) is 86.7 Å². The predicted molar refractivity (Wildman–Crippen MR) is 136 cm³/mol. The zero-order valence-corrected chi connectivity index (χ0v) is 23.4. The summed E-state index contributed by atoms with van der Waals surface area (Å²) in [7, 11) is 1.41. The summed E-state index contributed by atoms with van der Waals surface area (Å²) < 4.78 is 10.6. The van der Waals surface area contributed by atoms with E-state index in [0.717, 1.165) is 36.8 Å². The molecule has 4 aliphatic carbocycles. The number of allylic oxidation sites excluding steroid dienone is 2. The molecular formula is C30H44O6. The van der Waals surface area contributed by atoms with Gasteiger partial charge in [-0.15, -0.1) is 0 Å². The van der Waals surface area contributed by atoms with Gasteiger partial charge in [-0.25, -0.2) is 0 Å². The summed E-state index contributed by atoms with van der Waals surface area (Å²) in [6.07, 6.45) is 4.95. The maximum absolute atomic E-state index is 14.1. The fourth-order valence-corrected chi connectivity index (χ4v) is 9.15. The lowest BCUT2D eigenvalue weighted by atomic mass is 9.42. The van der Waals surface area contributed by atoms with Gasteiger partial charge in [-0.05, 0) is 55.3 Å². The van der Waals surface area contributed by atoms with Crippen molar-refractivity contribution < 1.29 is 28.7 Å². The molecule has 36 heavy (non-hydrogen) atoms. The molecular weight excluding hydrogens is 456 g/mol. The molecule has 0 saturated heterocycles. The van der Waals surface area contributed by atoms with E-state index in [-0.39, 0.29) is 58.2 Å². The van der Waals surface area contributed by atoms with Gasteiger partial charge in [0.05, 0.1) is 7.11 Å². The number of hydrogen-bond acceptors (Lipinski definition) is 6. The fourth-order valence-electron chi connectivity index (χ4n) is 9.15. The molecule has 7 atom stereocenters. The van der Waals surface area contributed by atoms with Crippen molar-refractivity contribution in [1.29, 1.82) is 0 Å². The lowest BCUT2D eigenvalue weighted by Crippen LogP contribution is -2.59. The van der Waals surface area contributed by atoms with Crippen molar-refractivity contribution in [3.8, 4) is 0 Å².